The number of fused-ring (bicyclic) bond motifs is 1. The maximum Gasteiger partial charge on any atom is 0.157 e. The fourth-order valence-corrected chi connectivity index (χ4v) is 4.77. The molecule has 96 valence electrons. The zero-order valence-electron chi connectivity index (χ0n) is 11.0. The summed E-state index contributed by atoms with van der Waals surface area (Å²) in [5.41, 5.74) is 0. The van der Waals surface area contributed by atoms with E-state index in [1.807, 2.05) is 11.8 Å². The van der Waals surface area contributed by atoms with E-state index in [0.717, 1.165) is 17.8 Å². The quantitative estimate of drug-likeness (QED) is 0.774. The predicted molar refractivity (Wildman–Crippen MR) is 75.5 cm³/mol. The number of rotatable bonds is 1. The molecular weight excluding hydrogens is 228 g/mol. The molecule has 0 radical (unpaired) electrons. The predicted octanol–water partition coefficient (Wildman–Crippen LogP) is 3.28. The molecular formula is C14H24N2S. The van der Waals surface area contributed by atoms with Crippen molar-refractivity contribution in [3.63, 3.8) is 0 Å². The van der Waals surface area contributed by atoms with Gasteiger partial charge in [0.05, 0.1) is 6.04 Å². The van der Waals surface area contributed by atoms with Gasteiger partial charge in [-0.3, -0.25) is 4.99 Å². The molecule has 0 aromatic rings. The van der Waals surface area contributed by atoms with E-state index < -0.39 is 0 Å². The minimum absolute atomic E-state index is 0.646. The molecule has 0 aromatic carbocycles. The lowest BCUT2D eigenvalue weighted by Gasteiger charge is -2.27. The van der Waals surface area contributed by atoms with Crippen LogP contribution >= 0.6 is 11.8 Å². The standard InChI is InChI=1S/C14H24N2S/c1-9-6-7-12(10(9)2)15-14-16-13-5-3-4-11(13)8-17-14/h9-13H,3-8H2,1-2H3,(H,15,16). The highest BCUT2D eigenvalue weighted by atomic mass is 32.2. The van der Waals surface area contributed by atoms with Gasteiger partial charge in [-0.15, -0.1) is 0 Å². The lowest BCUT2D eigenvalue weighted by molar-refractivity contribution is 0.402. The highest BCUT2D eigenvalue weighted by Crippen LogP contribution is 2.36. The Morgan fingerprint density at radius 1 is 1.18 bits per heavy atom. The third kappa shape index (κ3) is 2.35. The summed E-state index contributed by atoms with van der Waals surface area (Å²) in [5, 5.41) is 4.97. The van der Waals surface area contributed by atoms with Crippen LogP contribution in [0.5, 0.6) is 0 Å². The van der Waals surface area contributed by atoms with Gasteiger partial charge in [-0.05, 0) is 43.4 Å². The minimum Gasteiger partial charge on any atom is -0.362 e. The summed E-state index contributed by atoms with van der Waals surface area (Å²) in [5.74, 6) is 3.86. The number of hydrogen-bond acceptors (Lipinski definition) is 3. The Bertz CT molecular complexity index is 315. The molecule has 3 aliphatic rings. The molecule has 3 rings (SSSR count). The van der Waals surface area contributed by atoms with E-state index in [0.29, 0.717) is 12.1 Å². The summed E-state index contributed by atoms with van der Waals surface area (Å²) in [4.78, 5) is 4.94. The Labute approximate surface area is 109 Å². The maximum atomic E-state index is 4.94. The van der Waals surface area contributed by atoms with Gasteiger partial charge in [0.1, 0.15) is 0 Å². The summed E-state index contributed by atoms with van der Waals surface area (Å²) in [6.45, 7) is 4.77. The zero-order chi connectivity index (χ0) is 11.8. The van der Waals surface area contributed by atoms with E-state index in [2.05, 4.69) is 19.2 Å². The van der Waals surface area contributed by atoms with Crippen LogP contribution in [-0.2, 0) is 0 Å². The Balaban J connectivity index is 1.62. The van der Waals surface area contributed by atoms with E-state index in [-0.39, 0.29) is 0 Å². The van der Waals surface area contributed by atoms with E-state index in [1.54, 1.807) is 0 Å². The number of hydrogen-bond donors (Lipinski definition) is 1. The lowest BCUT2D eigenvalue weighted by Crippen LogP contribution is -2.39. The van der Waals surface area contributed by atoms with Crippen molar-refractivity contribution in [2.75, 3.05) is 5.75 Å². The van der Waals surface area contributed by atoms with Gasteiger partial charge in [-0.2, -0.15) is 0 Å². The van der Waals surface area contributed by atoms with Gasteiger partial charge in [0, 0.05) is 11.8 Å². The van der Waals surface area contributed by atoms with Crippen LogP contribution in [0.1, 0.15) is 46.0 Å². The number of nitrogens with zero attached hydrogens (tertiary/aromatic N) is 1. The Kier molecular flexibility index (Phi) is 3.38. The number of aliphatic imine (C=N–C) groups is 1. The first-order valence-corrected chi connectivity index (χ1v) is 8.19. The molecule has 0 amide bonds. The van der Waals surface area contributed by atoms with E-state index in [4.69, 9.17) is 4.99 Å². The summed E-state index contributed by atoms with van der Waals surface area (Å²) in [7, 11) is 0. The third-order valence-electron chi connectivity index (χ3n) is 5.11. The molecule has 0 aromatic heterocycles. The topological polar surface area (TPSA) is 24.4 Å². The van der Waals surface area contributed by atoms with E-state index in [9.17, 15) is 0 Å². The monoisotopic (exact) mass is 252 g/mol. The van der Waals surface area contributed by atoms with Crippen LogP contribution in [0, 0.1) is 17.8 Å². The molecule has 2 nitrogen and oxygen atoms in total. The zero-order valence-corrected chi connectivity index (χ0v) is 11.8. The van der Waals surface area contributed by atoms with Crippen molar-refractivity contribution in [2.24, 2.45) is 22.7 Å². The first kappa shape index (κ1) is 11.9. The molecule has 0 bridgehead atoms. The molecule has 0 spiro atoms. The average molecular weight is 252 g/mol. The highest BCUT2D eigenvalue weighted by molar-refractivity contribution is 8.13. The van der Waals surface area contributed by atoms with E-state index >= 15 is 0 Å². The van der Waals surface area contributed by atoms with Crippen molar-refractivity contribution in [1.29, 1.82) is 0 Å². The Hall–Kier alpha value is -0.180. The molecule has 2 aliphatic carbocycles. The number of amidine groups is 1. The molecule has 1 aliphatic heterocycles. The van der Waals surface area contributed by atoms with Gasteiger partial charge in [-0.1, -0.05) is 32.0 Å². The summed E-state index contributed by atoms with van der Waals surface area (Å²) in [6.07, 6.45) is 6.83. The van der Waals surface area contributed by atoms with Crippen LogP contribution in [0.4, 0.5) is 0 Å². The first-order valence-electron chi connectivity index (χ1n) is 7.21. The van der Waals surface area contributed by atoms with Crippen LogP contribution in [0.3, 0.4) is 0 Å². The molecule has 5 unspecified atom stereocenters. The molecule has 17 heavy (non-hydrogen) atoms. The maximum absolute atomic E-state index is 4.94. The Morgan fingerprint density at radius 3 is 2.82 bits per heavy atom. The SMILES string of the molecule is CC1CCC(NC2=NC3CCCC3CS2)C1C. The van der Waals surface area contributed by atoms with Crippen molar-refractivity contribution in [1.82, 2.24) is 5.32 Å². The molecule has 0 saturated heterocycles. The molecule has 2 saturated carbocycles. The number of nitrogens with one attached hydrogen (secondary N) is 1. The van der Waals surface area contributed by atoms with Gasteiger partial charge >= 0.3 is 0 Å². The second-order valence-corrected chi connectivity index (χ2v) is 7.18. The van der Waals surface area contributed by atoms with Crippen LogP contribution < -0.4 is 5.32 Å². The fraction of sp³-hybridized carbons (Fsp3) is 0.929. The van der Waals surface area contributed by atoms with Crippen molar-refractivity contribution in [2.45, 2.75) is 58.0 Å². The van der Waals surface area contributed by atoms with Crippen LogP contribution in [0.15, 0.2) is 4.99 Å². The lowest BCUT2D eigenvalue weighted by atomic mass is 9.98. The Morgan fingerprint density at radius 2 is 2.06 bits per heavy atom. The van der Waals surface area contributed by atoms with Crippen molar-refractivity contribution < 1.29 is 0 Å². The smallest absolute Gasteiger partial charge is 0.157 e. The van der Waals surface area contributed by atoms with Crippen LogP contribution in [0.2, 0.25) is 0 Å². The highest BCUT2D eigenvalue weighted by Gasteiger charge is 2.34. The largest absolute Gasteiger partial charge is 0.362 e. The van der Waals surface area contributed by atoms with E-state index in [1.165, 1.54) is 43.0 Å². The van der Waals surface area contributed by atoms with Gasteiger partial charge < -0.3 is 5.32 Å². The van der Waals surface area contributed by atoms with Gasteiger partial charge in [0.25, 0.3) is 0 Å². The minimum atomic E-state index is 0.646. The normalized spacial score (nSPS) is 45.5. The van der Waals surface area contributed by atoms with Gasteiger partial charge in [0.2, 0.25) is 0 Å². The fourth-order valence-electron chi connectivity index (χ4n) is 3.56. The van der Waals surface area contributed by atoms with Crippen molar-refractivity contribution >= 4 is 16.9 Å². The second kappa shape index (κ2) is 4.83. The molecule has 5 atom stereocenters. The third-order valence-corrected chi connectivity index (χ3v) is 6.20. The average Bonchev–Trinajstić information content (AvgIpc) is 2.90. The first-order chi connectivity index (χ1) is 8.24. The van der Waals surface area contributed by atoms with Crippen LogP contribution in [0.25, 0.3) is 0 Å². The summed E-state index contributed by atoms with van der Waals surface area (Å²) < 4.78 is 0. The number of thioether (sulfide) groups is 1. The second-order valence-electron chi connectivity index (χ2n) is 6.17. The molecule has 1 N–H and O–H groups in total. The summed E-state index contributed by atoms with van der Waals surface area (Å²) >= 11 is 1.97. The van der Waals surface area contributed by atoms with Gasteiger partial charge in [-0.25, -0.2) is 0 Å². The van der Waals surface area contributed by atoms with Gasteiger partial charge in [0.15, 0.2) is 5.17 Å². The molecule has 1 heterocycles. The van der Waals surface area contributed by atoms with Crippen molar-refractivity contribution in [3.8, 4) is 0 Å². The molecule has 3 heteroatoms. The summed E-state index contributed by atoms with van der Waals surface area (Å²) in [6, 6.07) is 1.32. The van der Waals surface area contributed by atoms with Crippen molar-refractivity contribution in [3.05, 3.63) is 0 Å². The van der Waals surface area contributed by atoms with Crippen LogP contribution in [-0.4, -0.2) is 23.0 Å². The molecule has 2 fully saturated rings.